The lowest BCUT2D eigenvalue weighted by molar-refractivity contribution is -0.222. The number of alkyl halides is 5. The zero-order valence-electron chi connectivity index (χ0n) is 12.3. The highest BCUT2D eigenvalue weighted by molar-refractivity contribution is 5.75. The van der Waals surface area contributed by atoms with E-state index in [9.17, 15) is 31.1 Å². The van der Waals surface area contributed by atoms with Crippen LogP contribution in [0.15, 0.2) is 18.2 Å². The Morgan fingerprint density at radius 1 is 1.26 bits per heavy atom. The van der Waals surface area contributed by atoms with Crippen LogP contribution in [0.1, 0.15) is 37.4 Å². The van der Waals surface area contributed by atoms with Gasteiger partial charge in [-0.05, 0) is 19.4 Å². The van der Waals surface area contributed by atoms with E-state index >= 15 is 0 Å². The van der Waals surface area contributed by atoms with Gasteiger partial charge >= 0.3 is 18.1 Å². The molecule has 0 spiro atoms. The molecule has 0 fully saturated rings. The molecule has 0 amide bonds. The molecule has 0 bridgehead atoms. The molecule has 0 aliphatic carbocycles. The first-order valence-electron chi connectivity index (χ1n) is 6.63. The molecule has 1 unspecified atom stereocenters. The van der Waals surface area contributed by atoms with Crippen LogP contribution in [0.25, 0.3) is 0 Å². The van der Waals surface area contributed by atoms with E-state index in [1.807, 2.05) is 0 Å². The van der Waals surface area contributed by atoms with Gasteiger partial charge < -0.3 is 10.5 Å². The molecule has 130 valence electrons. The molecule has 1 rings (SSSR count). The fourth-order valence-corrected chi connectivity index (χ4v) is 1.94. The number of benzene rings is 1. The normalized spacial score (nSPS) is 15.2. The highest BCUT2D eigenvalue weighted by Gasteiger charge is 2.50. The summed E-state index contributed by atoms with van der Waals surface area (Å²) >= 11 is 0. The van der Waals surface area contributed by atoms with Gasteiger partial charge in [-0.2, -0.15) is 22.0 Å². The van der Waals surface area contributed by atoms with Crippen molar-refractivity contribution in [1.29, 1.82) is 0 Å². The van der Waals surface area contributed by atoms with Crippen LogP contribution >= 0.6 is 0 Å². The Bertz CT molecular complexity index is 571. The number of rotatable bonds is 5. The average Bonchev–Trinajstić information content (AvgIpc) is 2.42. The molecule has 0 heterocycles. The second-order valence-electron chi connectivity index (χ2n) is 4.92. The number of esters is 1. The van der Waals surface area contributed by atoms with Gasteiger partial charge in [0.05, 0.1) is 5.56 Å². The molecule has 1 aromatic rings. The minimum atomic E-state index is -5.42. The van der Waals surface area contributed by atoms with E-state index in [1.54, 1.807) is 0 Å². The number of carbonyl (C=O) groups excluding carboxylic acids is 1. The van der Waals surface area contributed by atoms with Gasteiger partial charge in [0, 0.05) is 11.6 Å². The van der Waals surface area contributed by atoms with Gasteiger partial charge in [0.25, 0.3) is 0 Å². The van der Waals surface area contributed by atoms with Gasteiger partial charge in [0.1, 0.15) is 5.82 Å². The van der Waals surface area contributed by atoms with Crippen LogP contribution < -0.4 is 5.73 Å². The topological polar surface area (TPSA) is 52.3 Å². The maximum atomic E-state index is 14.3. The summed E-state index contributed by atoms with van der Waals surface area (Å²) in [6.45, 7) is 2.46. The minimum Gasteiger partial charge on any atom is -0.449 e. The van der Waals surface area contributed by atoms with Crippen molar-refractivity contribution in [1.82, 2.24) is 0 Å². The Hall–Kier alpha value is -1.77. The Morgan fingerprint density at radius 3 is 2.26 bits per heavy atom. The lowest BCUT2D eigenvalue weighted by atomic mass is 9.96. The van der Waals surface area contributed by atoms with E-state index in [0.29, 0.717) is 6.07 Å². The van der Waals surface area contributed by atoms with Crippen LogP contribution in [-0.2, 0) is 15.5 Å². The van der Waals surface area contributed by atoms with Gasteiger partial charge in [-0.3, -0.25) is 0 Å². The van der Waals surface area contributed by atoms with Crippen molar-refractivity contribution in [3.63, 3.8) is 0 Å². The second-order valence-corrected chi connectivity index (χ2v) is 4.92. The van der Waals surface area contributed by atoms with Gasteiger partial charge in [-0.15, -0.1) is 0 Å². The molecule has 2 N–H and O–H groups in total. The first-order valence-corrected chi connectivity index (χ1v) is 6.63. The lowest BCUT2D eigenvalue weighted by Crippen LogP contribution is -2.39. The first kappa shape index (κ1) is 19.3. The monoisotopic (exact) mass is 343 g/mol. The number of carbonyl (C=O) groups is 1. The van der Waals surface area contributed by atoms with E-state index in [0.717, 1.165) is 13.0 Å². The van der Waals surface area contributed by atoms with E-state index in [1.165, 1.54) is 13.0 Å². The van der Waals surface area contributed by atoms with E-state index in [-0.39, 0.29) is 5.56 Å². The van der Waals surface area contributed by atoms with Crippen molar-refractivity contribution in [3.05, 3.63) is 35.1 Å². The molecule has 0 saturated carbocycles. The van der Waals surface area contributed by atoms with Crippen molar-refractivity contribution in [2.45, 2.75) is 44.5 Å². The predicted molar refractivity (Wildman–Crippen MR) is 69.1 cm³/mol. The minimum absolute atomic E-state index is 0.223. The quantitative estimate of drug-likeness (QED) is 0.653. The van der Waals surface area contributed by atoms with Crippen molar-refractivity contribution in [2.75, 3.05) is 0 Å². The Labute approximate surface area is 128 Å². The molecule has 0 saturated heterocycles. The summed E-state index contributed by atoms with van der Waals surface area (Å²) in [5, 5.41) is 0. The molecular weight excluding hydrogens is 328 g/mol. The summed E-state index contributed by atoms with van der Waals surface area (Å²) in [6, 6.07) is 2.10. The molecule has 0 radical (unpaired) electrons. The third-order valence-electron chi connectivity index (χ3n) is 3.13. The summed E-state index contributed by atoms with van der Waals surface area (Å²) in [5.41, 5.74) is 4.06. The molecule has 1 aromatic carbocycles. The summed E-state index contributed by atoms with van der Waals surface area (Å²) < 4.78 is 83.2. The van der Waals surface area contributed by atoms with Gasteiger partial charge in [0.2, 0.25) is 0 Å². The lowest BCUT2D eigenvalue weighted by Gasteiger charge is -2.27. The maximum absolute atomic E-state index is 14.3. The zero-order chi connectivity index (χ0) is 18.0. The smallest absolute Gasteiger partial charge is 0.449 e. The summed E-state index contributed by atoms with van der Waals surface area (Å²) in [6.07, 6.45) is -8.53. The Kier molecular flexibility index (Phi) is 5.68. The predicted octanol–water partition coefficient (Wildman–Crippen LogP) is 3.82. The zero-order valence-corrected chi connectivity index (χ0v) is 12.3. The number of nitrogens with two attached hydrogens (primary N) is 1. The summed E-state index contributed by atoms with van der Waals surface area (Å²) in [7, 11) is 0. The van der Waals surface area contributed by atoms with E-state index < -0.39 is 48.0 Å². The Morgan fingerprint density at radius 2 is 1.83 bits per heavy atom. The SMILES string of the molecule is CCC(OC(=O)C(F)(F)F)C(F)(F)c1cccc([C@@H](C)N)c1F. The fraction of sp³-hybridized carbons (Fsp3) is 0.500. The molecule has 0 aromatic heterocycles. The van der Waals surface area contributed by atoms with E-state index in [4.69, 9.17) is 5.73 Å². The number of hydrogen-bond acceptors (Lipinski definition) is 3. The van der Waals surface area contributed by atoms with Crippen molar-refractivity contribution >= 4 is 5.97 Å². The first-order chi connectivity index (χ1) is 10.4. The van der Waals surface area contributed by atoms with E-state index in [2.05, 4.69) is 4.74 Å². The highest BCUT2D eigenvalue weighted by Crippen LogP contribution is 2.39. The molecule has 2 atom stereocenters. The molecular formula is C14H15F6NO2. The third-order valence-corrected chi connectivity index (χ3v) is 3.13. The van der Waals surface area contributed by atoms with Crippen LogP contribution in [0.5, 0.6) is 0 Å². The number of halogens is 6. The van der Waals surface area contributed by atoms with Gasteiger partial charge in [-0.1, -0.05) is 19.1 Å². The fourth-order valence-electron chi connectivity index (χ4n) is 1.94. The third kappa shape index (κ3) is 4.15. The number of hydrogen-bond donors (Lipinski definition) is 1. The Balaban J connectivity index is 3.23. The molecule has 0 aliphatic heterocycles. The van der Waals surface area contributed by atoms with Crippen LogP contribution in [0.2, 0.25) is 0 Å². The van der Waals surface area contributed by atoms with Crippen LogP contribution in [0.3, 0.4) is 0 Å². The largest absolute Gasteiger partial charge is 0.490 e. The molecule has 0 aliphatic rings. The van der Waals surface area contributed by atoms with Crippen molar-refractivity contribution < 1.29 is 35.9 Å². The summed E-state index contributed by atoms with van der Waals surface area (Å²) in [5.74, 6) is -8.24. The maximum Gasteiger partial charge on any atom is 0.490 e. The van der Waals surface area contributed by atoms with Crippen LogP contribution in [-0.4, -0.2) is 18.2 Å². The van der Waals surface area contributed by atoms with Crippen molar-refractivity contribution in [3.8, 4) is 0 Å². The standard InChI is InChI=1S/C14H15F6NO2/c1-3-10(23-12(22)14(18,19)20)13(16,17)9-6-4-5-8(7(2)21)11(9)15/h4-7,10H,3,21H2,1-2H3/t7-,10?/m1/s1. The van der Waals surface area contributed by atoms with Crippen LogP contribution in [0, 0.1) is 5.82 Å². The number of ether oxygens (including phenoxy) is 1. The van der Waals surface area contributed by atoms with Crippen LogP contribution in [0.4, 0.5) is 26.3 Å². The molecule has 23 heavy (non-hydrogen) atoms. The molecule has 9 heteroatoms. The molecule has 3 nitrogen and oxygen atoms in total. The van der Waals surface area contributed by atoms with Gasteiger partial charge in [-0.25, -0.2) is 9.18 Å². The average molecular weight is 343 g/mol. The summed E-state index contributed by atoms with van der Waals surface area (Å²) in [4.78, 5) is 10.8. The van der Waals surface area contributed by atoms with Gasteiger partial charge in [0.15, 0.2) is 6.10 Å². The van der Waals surface area contributed by atoms with Crippen molar-refractivity contribution in [2.24, 2.45) is 5.73 Å². The second kappa shape index (κ2) is 6.77. The highest BCUT2D eigenvalue weighted by atomic mass is 19.4.